The van der Waals surface area contributed by atoms with Crippen molar-refractivity contribution in [3.63, 3.8) is 0 Å². The zero-order chi connectivity index (χ0) is 21.6. The molecule has 156 valence electrons. The van der Waals surface area contributed by atoms with Crippen LogP contribution in [-0.4, -0.2) is 34.1 Å². The van der Waals surface area contributed by atoms with Crippen LogP contribution >= 0.6 is 0 Å². The summed E-state index contributed by atoms with van der Waals surface area (Å²) in [5.74, 6) is 1.36. The van der Waals surface area contributed by atoms with Gasteiger partial charge in [0.05, 0.1) is 23.8 Å². The molecule has 1 aliphatic heterocycles. The highest BCUT2D eigenvalue weighted by Crippen LogP contribution is 2.34. The van der Waals surface area contributed by atoms with Gasteiger partial charge in [-0.2, -0.15) is 0 Å². The number of hydrogen-bond acceptors (Lipinski definition) is 8. The minimum absolute atomic E-state index is 0.00369. The van der Waals surface area contributed by atoms with Crippen LogP contribution in [0.1, 0.15) is 55.2 Å². The second-order valence-electron chi connectivity index (χ2n) is 8.17. The molecule has 0 saturated heterocycles. The van der Waals surface area contributed by atoms with Crippen molar-refractivity contribution in [2.45, 2.75) is 45.3 Å². The number of rotatable bonds is 4. The molecule has 3 aromatic rings. The molecule has 0 amide bonds. The van der Waals surface area contributed by atoms with Crippen molar-refractivity contribution in [1.29, 1.82) is 0 Å². The fraction of sp³-hybridized carbons (Fsp3) is 0.364. The molecule has 4 heterocycles. The summed E-state index contributed by atoms with van der Waals surface area (Å²) in [7, 11) is 1.57. The summed E-state index contributed by atoms with van der Waals surface area (Å²) in [6, 6.07) is 5.39. The van der Waals surface area contributed by atoms with Gasteiger partial charge in [0.2, 0.25) is 5.88 Å². The molecule has 4 rings (SSSR count). The van der Waals surface area contributed by atoms with Crippen LogP contribution in [0.2, 0.25) is 0 Å². The first-order valence-electron chi connectivity index (χ1n) is 9.80. The number of nitrogens with one attached hydrogen (secondary N) is 1. The molecule has 0 fully saturated rings. The van der Waals surface area contributed by atoms with Gasteiger partial charge < -0.3 is 20.5 Å². The molecule has 2 atom stereocenters. The number of fused-ring (bicyclic) bond motifs is 2. The second kappa shape index (κ2) is 7.21. The first kappa shape index (κ1) is 20.0. The van der Waals surface area contributed by atoms with Crippen molar-refractivity contribution in [1.82, 2.24) is 15.0 Å². The zero-order valence-electron chi connectivity index (χ0n) is 17.7. The highest BCUT2D eigenvalue weighted by atomic mass is 16.5. The molecule has 0 unspecified atom stereocenters. The number of pyridine rings is 3. The molecule has 0 bridgehead atoms. The van der Waals surface area contributed by atoms with Gasteiger partial charge >= 0.3 is 5.97 Å². The minimum atomic E-state index is -0.591. The van der Waals surface area contributed by atoms with Gasteiger partial charge in [-0.3, -0.25) is 0 Å². The molecule has 0 spiro atoms. The Morgan fingerprint density at radius 2 is 1.90 bits per heavy atom. The van der Waals surface area contributed by atoms with Crippen LogP contribution in [0.3, 0.4) is 0 Å². The van der Waals surface area contributed by atoms with Crippen LogP contribution in [0.15, 0.2) is 30.6 Å². The Kier molecular flexibility index (Phi) is 4.82. The van der Waals surface area contributed by atoms with Crippen LogP contribution in [0.5, 0.6) is 5.88 Å². The average Bonchev–Trinajstić information content (AvgIpc) is 2.70. The Balaban J connectivity index is 1.76. The molecular formula is C22H25N5O3. The predicted octanol–water partition coefficient (Wildman–Crippen LogP) is 3.63. The zero-order valence-corrected chi connectivity index (χ0v) is 17.7. The summed E-state index contributed by atoms with van der Waals surface area (Å²) in [5.41, 5.74) is 7.87. The Morgan fingerprint density at radius 1 is 1.13 bits per heavy atom. The maximum Gasteiger partial charge on any atom is 0.340 e. The third-order valence-electron chi connectivity index (χ3n) is 5.45. The van der Waals surface area contributed by atoms with Crippen LogP contribution in [-0.2, 0) is 10.3 Å². The van der Waals surface area contributed by atoms with Crippen molar-refractivity contribution in [3.05, 3.63) is 47.4 Å². The third-order valence-corrected chi connectivity index (χ3v) is 5.45. The maximum atomic E-state index is 12.1. The monoisotopic (exact) mass is 407 g/mol. The molecule has 1 aliphatic rings. The molecule has 3 aromatic heterocycles. The van der Waals surface area contributed by atoms with E-state index in [2.05, 4.69) is 20.3 Å². The van der Waals surface area contributed by atoms with E-state index in [0.29, 0.717) is 23.1 Å². The number of aromatic nitrogens is 3. The summed E-state index contributed by atoms with van der Waals surface area (Å²) in [4.78, 5) is 25.6. The summed E-state index contributed by atoms with van der Waals surface area (Å²) in [6.45, 7) is 7.72. The largest absolute Gasteiger partial charge is 0.481 e. The van der Waals surface area contributed by atoms with Gasteiger partial charge in [0.25, 0.3) is 0 Å². The number of ether oxygens (including phenoxy) is 2. The van der Waals surface area contributed by atoms with E-state index in [-0.39, 0.29) is 18.0 Å². The van der Waals surface area contributed by atoms with E-state index >= 15 is 0 Å². The topological polar surface area (TPSA) is 112 Å². The van der Waals surface area contributed by atoms with Gasteiger partial charge in [0.1, 0.15) is 17.7 Å². The fourth-order valence-corrected chi connectivity index (χ4v) is 3.61. The first-order valence-corrected chi connectivity index (χ1v) is 9.80. The van der Waals surface area contributed by atoms with Crippen molar-refractivity contribution in [2.75, 3.05) is 12.4 Å². The number of carbonyl (C=O) groups excluding carboxylic acids is 1. The number of methoxy groups -OCH3 is 1. The Bertz CT molecular complexity index is 1140. The van der Waals surface area contributed by atoms with Crippen LogP contribution < -0.4 is 15.8 Å². The van der Waals surface area contributed by atoms with Crippen molar-refractivity contribution in [2.24, 2.45) is 5.73 Å². The van der Waals surface area contributed by atoms with E-state index < -0.39 is 5.54 Å². The quantitative estimate of drug-likeness (QED) is 0.631. The summed E-state index contributed by atoms with van der Waals surface area (Å²) >= 11 is 0. The van der Waals surface area contributed by atoms with E-state index in [1.807, 2.05) is 33.8 Å². The molecule has 0 radical (unpaired) electrons. The number of hydrogen-bond donors (Lipinski definition) is 2. The maximum absolute atomic E-state index is 12.1. The number of anilines is 2. The number of nitrogens with zero attached hydrogens (tertiary/aromatic N) is 3. The number of nitrogens with two attached hydrogens (primary N) is 1. The molecule has 0 aliphatic carbocycles. The first-order chi connectivity index (χ1) is 14.2. The van der Waals surface area contributed by atoms with Gasteiger partial charge in [0, 0.05) is 23.9 Å². The highest BCUT2D eigenvalue weighted by molar-refractivity contribution is 5.93. The normalized spacial score (nSPS) is 18.7. The number of carbonyl (C=O) groups is 1. The summed E-state index contributed by atoms with van der Waals surface area (Å²) in [5, 5.41) is 4.91. The second-order valence-corrected chi connectivity index (χ2v) is 8.17. The number of cyclic esters (lactones) is 1. The Morgan fingerprint density at radius 3 is 2.60 bits per heavy atom. The van der Waals surface area contributed by atoms with Gasteiger partial charge in [-0.25, -0.2) is 19.7 Å². The van der Waals surface area contributed by atoms with Crippen molar-refractivity contribution in [3.8, 4) is 5.88 Å². The highest BCUT2D eigenvalue weighted by Gasteiger charge is 2.31. The summed E-state index contributed by atoms with van der Waals surface area (Å²) < 4.78 is 10.7. The lowest BCUT2D eigenvalue weighted by molar-refractivity contribution is 0.0235. The van der Waals surface area contributed by atoms with E-state index in [0.717, 1.165) is 22.0 Å². The lowest BCUT2D eigenvalue weighted by Crippen LogP contribution is -2.29. The fourth-order valence-electron chi connectivity index (χ4n) is 3.61. The number of esters is 1. The van der Waals surface area contributed by atoms with E-state index in [4.69, 9.17) is 15.2 Å². The molecule has 8 heteroatoms. The molecule has 8 nitrogen and oxygen atoms in total. The predicted molar refractivity (Wildman–Crippen MR) is 114 cm³/mol. The lowest BCUT2D eigenvalue weighted by Gasteiger charge is -2.27. The van der Waals surface area contributed by atoms with Gasteiger partial charge in [0.15, 0.2) is 0 Å². The third kappa shape index (κ3) is 3.43. The SMILES string of the molecule is COc1ncc(C(C)(C)N)c2cc(Nc3ccc4c(n3)[C@@H](C)[C@H](C)OC4=O)ncc12. The van der Waals surface area contributed by atoms with Gasteiger partial charge in [-0.1, -0.05) is 6.92 Å². The molecule has 3 N–H and O–H groups in total. The van der Waals surface area contributed by atoms with Crippen LogP contribution in [0, 0.1) is 0 Å². The minimum Gasteiger partial charge on any atom is -0.481 e. The molecule has 0 aromatic carbocycles. The average molecular weight is 407 g/mol. The summed E-state index contributed by atoms with van der Waals surface area (Å²) in [6.07, 6.45) is 3.22. The smallest absolute Gasteiger partial charge is 0.340 e. The van der Waals surface area contributed by atoms with E-state index in [9.17, 15) is 4.79 Å². The molecular weight excluding hydrogens is 382 g/mol. The van der Waals surface area contributed by atoms with Crippen molar-refractivity contribution < 1.29 is 14.3 Å². The molecule has 30 heavy (non-hydrogen) atoms. The van der Waals surface area contributed by atoms with Crippen molar-refractivity contribution >= 4 is 28.4 Å². The Hall–Kier alpha value is -3.26. The lowest BCUT2D eigenvalue weighted by atomic mass is 9.93. The molecule has 0 saturated carbocycles. The standard InChI is InChI=1S/C22H25N5O3/c1-11-12(2)30-21(28)13-6-7-17(27-19(11)13)26-18-8-14-15(9-24-18)20(29-5)25-10-16(14)22(3,4)23/h6-12H,23H2,1-5H3,(H,24,26,27)/t11-,12-/m0/s1. The van der Waals surface area contributed by atoms with E-state index in [1.54, 1.807) is 31.6 Å². The van der Waals surface area contributed by atoms with E-state index in [1.165, 1.54) is 0 Å². The van der Waals surface area contributed by atoms with Crippen LogP contribution in [0.25, 0.3) is 10.8 Å². The Labute approximate surface area is 174 Å². The van der Waals surface area contributed by atoms with Gasteiger partial charge in [-0.15, -0.1) is 0 Å². The van der Waals surface area contributed by atoms with Gasteiger partial charge in [-0.05, 0) is 49.9 Å². The van der Waals surface area contributed by atoms with Crippen LogP contribution in [0.4, 0.5) is 11.6 Å².